The summed E-state index contributed by atoms with van der Waals surface area (Å²) in [6.07, 6.45) is 0.806. The summed E-state index contributed by atoms with van der Waals surface area (Å²) in [6.45, 7) is 5.25. The lowest BCUT2D eigenvalue weighted by Crippen LogP contribution is -2.37. The molecule has 2 unspecified atom stereocenters. The Morgan fingerprint density at radius 3 is 2.71 bits per heavy atom. The second-order valence-corrected chi connectivity index (χ2v) is 4.64. The SMILES string of the molecule is CC(C)C(S)C(=O)N1CCC(C#N)C1. The van der Waals surface area contributed by atoms with E-state index in [0.29, 0.717) is 13.1 Å². The van der Waals surface area contributed by atoms with Crippen LogP contribution in [0.4, 0.5) is 0 Å². The van der Waals surface area contributed by atoms with Crippen molar-refractivity contribution < 1.29 is 4.79 Å². The highest BCUT2D eigenvalue weighted by atomic mass is 32.1. The summed E-state index contributed by atoms with van der Waals surface area (Å²) in [7, 11) is 0. The van der Waals surface area contributed by atoms with E-state index in [1.54, 1.807) is 4.90 Å². The van der Waals surface area contributed by atoms with Crippen LogP contribution >= 0.6 is 12.6 Å². The van der Waals surface area contributed by atoms with E-state index in [2.05, 4.69) is 18.7 Å². The van der Waals surface area contributed by atoms with Crippen LogP contribution in [0.3, 0.4) is 0 Å². The molecular formula is C10H16N2OS. The van der Waals surface area contributed by atoms with Crippen molar-refractivity contribution in [2.75, 3.05) is 13.1 Å². The molecule has 0 aromatic heterocycles. The fourth-order valence-corrected chi connectivity index (χ4v) is 1.70. The van der Waals surface area contributed by atoms with Crippen LogP contribution in [0.5, 0.6) is 0 Å². The number of hydrogen-bond acceptors (Lipinski definition) is 3. The maximum atomic E-state index is 11.8. The molecular weight excluding hydrogens is 196 g/mol. The Balaban J connectivity index is 2.52. The molecule has 0 bridgehead atoms. The summed E-state index contributed by atoms with van der Waals surface area (Å²) in [4.78, 5) is 13.5. The summed E-state index contributed by atoms with van der Waals surface area (Å²) < 4.78 is 0. The number of carbonyl (C=O) groups excluding carboxylic acids is 1. The third kappa shape index (κ3) is 2.42. The van der Waals surface area contributed by atoms with Crippen molar-refractivity contribution in [1.82, 2.24) is 4.90 Å². The molecule has 1 saturated heterocycles. The molecule has 0 spiro atoms. The minimum atomic E-state index is -0.229. The molecule has 0 aliphatic carbocycles. The van der Waals surface area contributed by atoms with E-state index in [9.17, 15) is 4.79 Å². The third-order valence-corrected chi connectivity index (χ3v) is 3.38. The van der Waals surface area contributed by atoms with E-state index in [1.165, 1.54) is 0 Å². The van der Waals surface area contributed by atoms with E-state index < -0.39 is 0 Å². The Hall–Kier alpha value is -0.690. The Morgan fingerprint density at radius 2 is 2.29 bits per heavy atom. The van der Waals surface area contributed by atoms with Gasteiger partial charge in [-0.3, -0.25) is 4.79 Å². The second-order valence-electron chi connectivity index (χ2n) is 4.09. The van der Waals surface area contributed by atoms with Crippen LogP contribution < -0.4 is 0 Å². The lowest BCUT2D eigenvalue weighted by molar-refractivity contribution is -0.130. The van der Waals surface area contributed by atoms with E-state index in [0.717, 1.165) is 6.42 Å². The first-order valence-electron chi connectivity index (χ1n) is 4.92. The number of thiol groups is 1. The Kier molecular flexibility index (Phi) is 3.82. The van der Waals surface area contributed by atoms with Gasteiger partial charge in [-0.2, -0.15) is 17.9 Å². The number of likely N-dealkylation sites (tertiary alicyclic amines) is 1. The molecule has 1 rings (SSSR count). The first kappa shape index (κ1) is 11.4. The fraction of sp³-hybridized carbons (Fsp3) is 0.800. The van der Waals surface area contributed by atoms with Crippen molar-refractivity contribution in [3.8, 4) is 6.07 Å². The minimum absolute atomic E-state index is 0.0200. The molecule has 0 saturated carbocycles. The van der Waals surface area contributed by atoms with Gasteiger partial charge in [-0.05, 0) is 12.3 Å². The lowest BCUT2D eigenvalue weighted by atomic mass is 10.1. The van der Waals surface area contributed by atoms with Crippen LogP contribution in [0.25, 0.3) is 0 Å². The topological polar surface area (TPSA) is 44.1 Å². The Bertz CT molecular complexity index is 259. The van der Waals surface area contributed by atoms with Gasteiger partial charge in [0.2, 0.25) is 5.91 Å². The zero-order valence-electron chi connectivity index (χ0n) is 8.60. The highest BCUT2D eigenvalue weighted by Crippen LogP contribution is 2.19. The third-order valence-electron chi connectivity index (χ3n) is 2.57. The van der Waals surface area contributed by atoms with Crippen LogP contribution in [-0.2, 0) is 4.79 Å². The molecule has 0 aromatic rings. The number of rotatable bonds is 2. The van der Waals surface area contributed by atoms with Crippen molar-refractivity contribution in [2.24, 2.45) is 11.8 Å². The molecule has 14 heavy (non-hydrogen) atoms. The van der Waals surface area contributed by atoms with E-state index in [4.69, 9.17) is 5.26 Å². The first-order chi connectivity index (χ1) is 6.56. The van der Waals surface area contributed by atoms with Crippen molar-refractivity contribution in [2.45, 2.75) is 25.5 Å². The van der Waals surface area contributed by atoms with Crippen molar-refractivity contribution in [3.05, 3.63) is 0 Å². The van der Waals surface area contributed by atoms with Gasteiger partial charge in [0.15, 0.2) is 0 Å². The largest absolute Gasteiger partial charge is 0.340 e. The van der Waals surface area contributed by atoms with Gasteiger partial charge in [-0.15, -0.1) is 0 Å². The molecule has 3 nitrogen and oxygen atoms in total. The minimum Gasteiger partial charge on any atom is -0.340 e. The number of nitriles is 1. The van der Waals surface area contributed by atoms with Crippen LogP contribution in [0, 0.1) is 23.2 Å². The lowest BCUT2D eigenvalue weighted by Gasteiger charge is -2.21. The smallest absolute Gasteiger partial charge is 0.235 e. The van der Waals surface area contributed by atoms with Crippen LogP contribution in [0.15, 0.2) is 0 Å². The Labute approximate surface area is 90.5 Å². The molecule has 2 atom stereocenters. The van der Waals surface area contributed by atoms with E-state index >= 15 is 0 Å². The highest BCUT2D eigenvalue weighted by Gasteiger charge is 2.30. The molecule has 1 aliphatic rings. The molecule has 0 N–H and O–H groups in total. The molecule has 1 fully saturated rings. The average Bonchev–Trinajstić information content (AvgIpc) is 2.63. The molecule has 1 aliphatic heterocycles. The van der Waals surface area contributed by atoms with Crippen molar-refractivity contribution in [1.29, 1.82) is 5.26 Å². The molecule has 4 heteroatoms. The zero-order valence-corrected chi connectivity index (χ0v) is 9.50. The standard InChI is InChI=1S/C10H16N2OS/c1-7(2)9(14)10(13)12-4-3-8(5-11)6-12/h7-9,14H,3-4,6H2,1-2H3. The quantitative estimate of drug-likeness (QED) is 0.701. The van der Waals surface area contributed by atoms with Gasteiger partial charge in [0.1, 0.15) is 0 Å². The normalized spacial score (nSPS) is 23.6. The summed E-state index contributed by atoms with van der Waals surface area (Å²) in [6, 6.07) is 2.20. The predicted molar refractivity (Wildman–Crippen MR) is 57.9 cm³/mol. The number of carbonyl (C=O) groups is 1. The maximum absolute atomic E-state index is 11.8. The maximum Gasteiger partial charge on any atom is 0.235 e. The number of nitrogens with zero attached hydrogens (tertiary/aromatic N) is 2. The summed E-state index contributed by atoms with van der Waals surface area (Å²) in [5.74, 6) is 0.333. The zero-order chi connectivity index (χ0) is 10.7. The number of amides is 1. The molecule has 0 radical (unpaired) electrons. The van der Waals surface area contributed by atoms with Gasteiger partial charge in [0, 0.05) is 13.1 Å². The van der Waals surface area contributed by atoms with E-state index in [1.807, 2.05) is 13.8 Å². The van der Waals surface area contributed by atoms with Gasteiger partial charge < -0.3 is 4.90 Å². The molecule has 1 amide bonds. The monoisotopic (exact) mass is 212 g/mol. The van der Waals surface area contributed by atoms with Gasteiger partial charge >= 0.3 is 0 Å². The summed E-state index contributed by atoms with van der Waals surface area (Å²) in [5.41, 5.74) is 0. The predicted octanol–water partition coefficient (Wildman–Crippen LogP) is 1.31. The van der Waals surface area contributed by atoms with Gasteiger partial charge in [-0.25, -0.2) is 0 Å². The average molecular weight is 212 g/mol. The first-order valence-corrected chi connectivity index (χ1v) is 5.44. The molecule has 0 aromatic carbocycles. The van der Waals surface area contributed by atoms with Gasteiger partial charge in [0.05, 0.1) is 17.2 Å². The van der Waals surface area contributed by atoms with Crippen LogP contribution in [0.2, 0.25) is 0 Å². The molecule has 78 valence electrons. The number of hydrogen-bond donors (Lipinski definition) is 1. The summed E-state index contributed by atoms with van der Waals surface area (Å²) in [5, 5.41) is 8.48. The van der Waals surface area contributed by atoms with Crippen molar-refractivity contribution >= 4 is 18.5 Å². The molecule has 1 heterocycles. The highest BCUT2D eigenvalue weighted by molar-refractivity contribution is 7.81. The van der Waals surface area contributed by atoms with Gasteiger partial charge in [0.25, 0.3) is 0 Å². The Morgan fingerprint density at radius 1 is 1.64 bits per heavy atom. The second kappa shape index (κ2) is 4.70. The van der Waals surface area contributed by atoms with Crippen LogP contribution in [-0.4, -0.2) is 29.1 Å². The van der Waals surface area contributed by atoms with Crippen molar-refractivity contribution in [3.63, 3.8) is 0 Å². The summed E-state index contributed by atoms with van der Waals surface area (Å²) >= 11 is 4.28. The van der Waals surface area contributed by atoms with Crippen LogP contribution in [0.1, 0.15) is 20.3 Å². The van der Waals surface area contributed by atoms with E-state index in [-0.39, 0.29) is 23.0 Å². The van der Waals surface area contributed by atoms with Gasteiger partial charge in [-0.1, -0.05) is 13.8 Å². The fourth-order valence-electron chi connectivity index (χ4n) is 1.54.